The largest absolute Gasteiger partial charge is 0.493 e. The fourth-order valence-electron chi connectivity index (χ4n) is 1.61. The molecule has 0 amide bonds. The average molecular weight is 237 g/mol. The van der Waals surface area contributed by atoms with E-state index in [1.807, 2.05) is 0 Å². The third-order valence-corrected chi connectivity index (χ3v) is 2.54. The van der Waals surface area contributed by atoms with Crippen LogP contribution in [0.5, 0.6) is 11.5 Å². The van der Waals surface area contributed by atoms with Gasteiger partial charge in [0.1, 0.15) is 0 Å². The van der Waals surface area contributed by atoms with Crippen molar-refractivity contribution < 1.29 is 13.9 Å². The first-order valence-electron chi connectivity index (χ1n) is 4.84. The molecule has 6 nitrogen and oxygen atoms in total. The van der Waals surface area contributed by atoms with Crippen molar-refractivity contribution in [3.05, 3.63) is 33.1 Å². The third kappa shape index (κ3) is 1.67. The second-order valence-electron chi connectivity index (χ2n) is 3.44. The van der Waals surface area contributed by atoms with Gasteiger partial charge in [0.2, 0.25) is 0 Å². The fourth-order valence-corrected chi connectivity index (χ4v) is 1.61. The first-order chi connectivity index (χ1) is 8.08. The minimum Gasteiger partial charge on any atom is -0.493 e. The molecule has 0 fully saturated rings. The lowest BCUT2D eigenvalue weighted by atomic mass is 10.2. The third-order valence-electron chi connectivity index (χ3n) is 2.54. The smallest absolute Gasteiger partial charge is 0.422 e. The summed E-state index contributed by atoms with van der Waals surface area (Å²) in [6, 6.07) is 3.05. The van der Waals surface area contributed by atoms with Crippen LogP contribution < -0.4 is 20.9 Å². The second-order valence-corrected chi connectivity index (χ2v) is 3.44. The van der Waals surface area contributed by atoms with Gasteiger partial charge in [0.25, 0.3) is 0 Å². The molecule has 6 heteroatoms. The van der Waals surface area contributed by atoms with E-state index < -0.39 is 11.4 Å². The molecule has 1 heterocycles. The SMILES string of the molecule is COc1cc2c(=O)oc(=O)n(C)c2cc1OC. The van der Waals surface area contributed by atoms with E-state index in [9.17, 15) is 9.59 Å². The van der Waals surface area contributed by atoms with Crippen molar-refractivity contribution in [1.82, 2.24) is 4.57 Å². The van der Waals surface area contributed by atoms with E-state index in [1.165, 1.54) is 31.9 Å². The van der Waals surface area contributed by atoms with Crippen molar-refractivity contribution in [1.29, 1.82) is 0 Å². The molecule has 2 rings (SSSR count). The number of methoxy groups -OCH3 is 2. The predicted octanol–water partition coefficient (Wildman–Crippen LogP) is 0.509. The Morgan fingerprint density at radius 3 is 2.29 bits per heavy atom. The highest BCUT2D eigenvalue weighted by atomic mass is 16.5. The number of rotatable bonds is 2. The van der Waals surface area contributed by atoms with Gasteiger partial charge in [0.15, 0.2) is 11.5 Å². The zero-order valence-corrected chi connectivity index (χ0v) is 9.64. The number of hydrogen-bond donors (Lipinski definition) is 0. The lowest BCUT2D eigenvalue weighted by Crippen LogP contribution is -2.22. The molecule has 1 aromatic carbocycles. The maximum absolute atomic E-state index is 11.5. The van der Waals surface area contributed by atoms with E-state index in [1.54, 1.807) is 6.07 Å². The van der Waals surface area contributed by atoms with Crippen LogP contribution in [0.4, 0.5) is 0 Å². The van der Waals surface area contributed by atoms with Gasteiger partial charge in [-0.25, -0.2) is 9.59 Å². The Balaban J connectivity index is 2.97. The number of hydrogen-bond acceptors (Lipinski definition) is 5. The number of benzene rings is 1. The average Bonchev–Trinajstić information content (AvgIpc) is 2.34. The van der Waals surface area contributed by atoms with Gasteiger partial charge >= 0.3 is 11.4 Å². The van der Waals surface area contributed by atoms with Gasteiger partial charge in [-0.1, -0.05) is 0 Å². The molecular formula is C11H11NO5. The molecule has 0 spiro atoms. The Kier molecular flexibility index (Phi) is 2.63. The minimum atomic E-state index is -0.713. The van der Waals surface area contributed by atoms with E-state index in [0.717, 1.165) is 0 Å². The number of aryl methyl sites for hydroxylation is 1. The van der Waals surface area contributed by atoms with E-state index in [4.69, 9.17) is 9.47 Å². The fraction of sp³-hybridized carbons (Fsp3) is 0.273. The first kappa shape index (κ1) is 11.3. The van der Waals surface area contributed by atoms with E-state index in [-0.39, 0.29) is 5.39 Å². The Morgan fingerprint density at radius 1 is 1.12 bits per heavy atom. The van der Waals surface area contributed by atoms with Gasteiger partial charge in [0.05, 0.1) is 25.1 Å². The summed E-state index contributed by atoms with van der Waals surface area (Å²) in [5.74, 6) is 0.140. The molecule has 0 atom stereocenters. The van der Waals surface area contributed by atoms with Crippen LogP contribution in [-0.4, -0.2) is 18.8 Å². The molecule has 2 aromatic rings. The van der Waals surface area contributed by atoms with Crippen molar-refractivity contribution in [3.63, 3.8) is 0 Å². The number of fused-ring (bicyclic) bond motifs is 1. The highest BCUT2D eigenvalue weighted by Gasteiger charge is 2.12. The molecular weight excluding hydrogens is 226 g/mol. The summed E-state index contributed by atoms with van der Waals surface area (Å²) >= 11 is 0. The molecule has 90 valence electrons. The van der Waals surface area contributed by atoms with Crippen LogP contribution >= 0.6 is 0 Å². The summed E-state index contributed by atoms with van der Waals surface area (Å²) < 4.78 is 16.0. The molecule has 0 saturated carbocycles. The van der Waals surface area contributed by atoms with Crippen molar-refractivity contribution in [3.8, 4) is 11.5 Å². The first-order valence-corrected chi connectivity index (χ1v) is 4.84. The Morgan fingerprint density at radius 2 is 1.71 bits per heavy atom. The normalized spacial score (nSPS) is 10.5. The summed E-state index contributed by atoms with van der Waals surface area (Å²) in [7, 11) is 4.46. The Labute approximate surface area is 96.0 Å². The van der Waals surface area contributed by atoms with E-state index in [0.29, 0.717) is 17.0 Å². The highest BCUT2D eigenvalue weighted by Crippen LogP contribution is 2.29. The second kappa shape index (κ2) is 3.97. The zero-order valence-electron chi connectivity index (χ0n) is 9.64. The van der Waals surface area contributed by atoms with Gasteiger partial charge in [-0.2, -0.15) is 0 Å². The molecule has 17 heavy (non-hydrogen) atoms. The number of ether oxygens (including phenoxy) is 2. The van der Waals surface area contributed by atoms with Crippen LogP contribution in [0.25, 0.3) is 10.9 Å². The lowest BCUT2D eigenvalue weighted by Gasteiger charge is -2.09. The van der Waals surface area contributed by atoms with Crippen molar-refractivity contribution in [2.45, 2.75) is 0 Å². The topological polar surface area (TPSA) is 70.7 Å². The quantitative estimate of drug-likeness (QED) is 0.761. The predicted molar refractivity (Wildman–Crippen MR) is 60.8 cm³/mol. The van der Waals surface area contributed by atoms with Gasteiger partial charge in [-0.05, 0) is 0 Å². The van der Waals surface area contributed by atoms with E-state index in [2.05, 4.69) is 4.42 Å². The molecule has 0 saturated heterocycles. The summed E-state index contributed by atoms with van der Waals surface area (Å²) in [5.41, 5.74) is -0.257. The van der Waals surface area contributed by atoms with Crippen molar-refractivity contribution in [2.75, 3.05) is 14.2 Å². The molecule has 0 aliphatic rings. The van der Waals surface area contributed by atoms with Crippen LogP contribution in [0, 0.1) is 0 Å². The van der Waals surface area contributed by atoms with Crippen LogP contribution in [0.2, 0.25) is 0 Å². The van der Waals surface area contributed by atoms with Crippen molar-refractivity contribution >= 4 is 10.9 Å². The standard InChI is InChI=1S/C11H11NO5/c1-12-7-5-9(16-3)8(15-2)4-6(7)10(13)17-11(12)14/h4-5H,1-3H3. The molecule has 0 radical (unpaired) electrons. The molecule has 0 bridgehead atoms. The summed E-state index contributed by atoms with van der Waals surface area (Å²) in [6.07, 6.45) is 0. The number of aromatic nitrogens is 1. The van der Waals surface area contributed by atoms with Crippen LogP contribution in [-0.2, 0) is 7.05 Å². The summed E-state index contributed by atoms with van der Waals surface area (Å²) in [4.78, 5) is 22.9. The number of nitrogens with zero attached hydrogens (tertiary/aromatic N) is 1. The van der Waals surface area contributed by atoms with E-state index >= 15 is 0 Å². The van der Waals surface area contributed by atoms with Gasteiger partial charge in [-0.3, -0.25) is 4.57 Å². The van der Waals surface area contributed by atoms with Gasteiger partial charge in [0, 0.05) is 19.2 Å². The highest BCUT2D eigenvalue weighted by molar-refractivity contribution is 5.81. The van der Waals surface area contributed by atoms with Gasteiger partial charge in [-0.15, -0.1) is 0 Å². The van der Waals surface area contributed by atoms with Crippen LogP contribution in [0.3, 0.4) is 0 Å². The van der Waals surface area contributed by atoms with Crippen LogP contribution in [0.1, 0.15) is 0 Å². The molecule has 1 aromatic heterocycles. The minimum absolute atomic E-state index is 0.268. The summed E-state index contributed by atoms with van der Waals surface area (Å²) in [6.45, 7) is 0. The maximum atomic E-state index is 11.5. The summed E-state index contributed by atoms with van der Waals surface area (Å²) in [5, 5.41) is 0.268. The monoisotopic (exact) mass is 237 g/mol. The zero-order chi connectivity index (χ0) is 12.6. The van der Waals surface area contributed by atoms with Crippen LogP contribution in [0.15, 0.2) is 26.1 Å². The molecule has 0 unspecified atom stereocenters. The Bertz CT molecular complexity index is 683. The maximum Gasteiger partial charge on any atom is 0.422 e. The lowest BCUT2D eigenvalue weighted by molar-refractivity contribution is 0.355. The Hall–Kier alpha value is -2.24. The molecule has 0 N–H and O–H groups in total. The molecule has 0 aliphatic carbocycles. The van der Waals surface area contributed by atoms with Gasteiger partial charge < -0.3 is 13.9 Å². The van der Waals surface area contributed by atoms with Crippen molar-refractivity contribution in [2.24, 2.45) is 7.05 Å². The molecule has 0 aliphatic heterocycles.